The van der Waals surface area contributed by atoms with Gasteiger partial charge in [-0.3, -0.25) is 0 Å². The van der Waals surface area contributed by atoms with Gasteiger partial charge >= 0.3 is 0 Å². The molecule has 22 heavy (non-hydrogen) atoms. The summed E-state index contributed by atoms with van der Waals surface area (Å²) >= 11 is 0. The predicted octanol–water partition coefficient (Wildman–Crippen LogP) is 4.75. The van der Waals surface area contributed by atoms with E-state index in [4.69, 9.17) is 4.74 Å². The molecule has 1 fully saturated rings. The Morgan fingerprint density at radius 2 is 2.09 bits per heavy atom. The number of rotatable bonds is 5. The zero-order valence-corrected chi connectivity index (χ0v) is 13.2. The van der Waals surface area contributed by atoms with Crippen LogP contribution in [0.1, 0.15) is 32.3 Å². The lowest BCUT2D eigenvalue weighted by Gasteiger charge is -2.31. The number of halogens is 1. The summed E-state index contributed by atoms with van der Waals surface area (Å²) in [4.78, 5) is 2.04. The van der Waals surface area contributed by atoms with Crippen molar-refractivity contribution in [2.24, 2.45) is 5.92 Å². The van der Waals surface area contributed by atoms with Crippen molar-refractivity contribution in [1.82, 2.24) is 4.90 Å². The predicted molar refractivity (Wildman–Crippen MR) is 87.9 cm³/mol. The van der Waals surface area contributed by atoms with E-state index in [2.05, 4.69) is 6.58 Å². The van der Waals surface area contributed by atoms with E-state index in [0.29, 0.717) is 23.8 Å². The van der Waals surface area contributed by atoms with Gasteiger partial charge in [0.2, 0.25) is 0 Å². The quantitative estimate of drug-likeness (QED) is 0.778. The highest BCUT2D eigenvalue weighted by Crippen LogP contribution is 2.33. The summed E-state index contributed by atoms with van der Waals surface area (Å²) in [5.41, 5.74) is 3.47. The summed E-state index contributed by atoms with van der Waals surface area (Å²) in [6.07, 6.45) is 6.40. The molecule has 2 aliphatic rings. The van der Waals surface area contributed by atoms with Gasteiger partial charge in [-0.25, -0.2) is 4.39 Å². The molecule has 2 nitrogen and oxygen atoms in total. The molecule has 0 N–H and O–H groups in total. The second kappa shape index (κ2) is 5.99. The van der Waals surface area contributed by atoms with Crippen LogP contribution in [0.2, 0.25) is 0 Å². The number of hydrogen-bond donors (Lipinski definition) is 0. The van der Waals surface area contributed by atoms with Gasteiger partial charge in [0.1, 0.15) is 11.6 Å². The molecule has 1 heterocycles. The standard InChI is InChI=1S/C19H22FNO/c1-4-21-14(3)13(2)5-10-19(21)17-9-8-16(11-18(17)20)22-12-15-6-7-15/h5,8-11,15H,3-4,6-7,12H2,1-2H3. The number of benzene rings is 1. The molecule has 1 aliphatic heterocycles. The molecule has 1 aromatic carbocycles. The summed E-state index contributed by atoms with van der Waals surface area (Å²) in [5, 5.41) is 0. The molecule has 0 amide bonds. The van der Waals surface area contributed by atoms with Crippen molar-refractivity contribution in [3.8, 4) is 5.75 Å². The normalized spacial score (nSPS) is 18.1. The average molecular weight is 299 g/mol. The lowest BCUT2D eigenvalue weighted by Crippen LogP contribution is -2.23. The van der Waals surface area contributed by atoms with Gasteiger partial charge in [-0.2, -0.15) is 0 Å². The van der Waals surface area contributed by atoms with Crippen LogP contribution in [-0.2, 0) is 0 Å². The average Bonchev–Trinajstić information content (AvgIpc) is 3.32. The van der Waals surface area contributed by atoms with Crippen LogP contribution in [-0.4, -0.2) is 18.1 Å². The monoisotopic (exact) mass is 299 g/mol. The van der Waals surface area contributed by atoms with E-state index in [9.17, 15) is 4.39 Å². The van der Waals surface area contributed by atoms with Crippen molar-refractivity contribution in [3.05, 3.63) is 59.6 Å². The van der Waals surface area contributed by atoms with Crippen LogP contribution in [0.3, 0.4) is 0 Å². The fourth-order valence-electron chi connectivity index (χ4n) is 2.64. The fraction of sp³-hybridized carbons (Fsp3) is 0.368. The molecule has 0 unspecified atom stereocenters. The van der Waals surface area contributed by atoms with Crippen LogP contribution in [0.4, 0.5) is 4.39 Å². The third kappa shape index (κ3) is 2.94. The topological polar surface area (TPSA) is 12.5 Å². The minimum absolute atomic E-state index is 0.251. The highest BCUT2D eigenvalue weighted by molar-refractivity contribution is 5.71. The van der Waals surface area contributed by atoms with Crippen molar-refractivity contribution in [2.45, 2.75) is 26.7 Å². The molecule has 0 spiro atoms. The maximum atomic E-state index is 14.5. The van der Waals surface area contributed by atoms with Gasteiger partial charge in [0, 0.05) is 23.9 Å². The van der Waals surface area contributed by atoms with Gasteiger partial charge in [-0.05, 0) is 56.4 Å². The lowest BCUT2D eigenvalue weighted by atomic mass is 10.0. The number of likely N-dealkylation sites (N-methyl/N-ethyl adjacent to an activating group) is 1. The molecule has 1 aliphatic carbocycles. The molecule has 0 radical (unpaired) electrons. The molecule has 0 aromatic heterocycles. The summed E-state index contributed by atoms with van der Waals surface area (Å²) in [7, 11) is 0. The Labute approximate surface area is 131 Å². The van der Waals surface area contributed by atoms with Gasteiger partial charge in [0.05, 0.1) is 12.3 Å². The van der Waals surface area contributed by atoms with E-state index in [1.54, 1.807) is 6.07 Å². The summed E-state index contributed by atoms with van der Waals surface area (Å²) < 4.78 is 20.2. The first kappa shape index (κ1) is 14.9. The van der Waals surface area contributed by atoms with E-state index >= 15 is 0 Å². The minimum Gasteiger partial charge on any atom is -0.493 e. The Morgan fingerprint density at radius 1 is 1.32 bits per heavy atom. The number of allylic oxidation sites excluding steroid dienone is 3. The molecular weight excluding hydrogens is 277 g/mol. The number of hydrogen-bond acceptors (Lipinski definition) is 2. The zero-order chi connectivity index (χ0) is 15.7. The molecule has 0 bridgehead atoms. The molecule has 1 aromatic rings. The van der Waals surface area contributed by atoms with E-state index in [1.807, 2.05) is 37.0 Å². The van der Waals surface area contributed by atoms with Crippen molar-refractivity contribution in [3.63, 3.8) is 0 Å². The van der Waals surface area contributed by atoms with E-state index in [0.717, 1.165) is 23.5 Å². The summed E-state index contributed by atoms with van der Waals surface area (Å²) in [6.45, 7) is 9.61. The Morgan fingerprint density at radius 3 is 2.73 bits per heavy atom. The van der Waals surface area contributed by atoms with E-state index in [-0.39, 0.29) is 5.82 Å². The number of ether oxygens (including phenoxy) is 1. The van der Waals surface area contributed by atoms with Crippen LogP contribution < -0.4 is 4.74 Å². The number of nitrogens with zero attached hydrogens (tertiary/aromatic N) is 1. The summed E-state index contributed by atoms with van der Waals surface area (Å²) in [6, 6.07) is 5.14. The second-order valence-electron chi connectivity index (χ2n) is 5.99. The SMILES string of the molecule is C=C1C(C)=CC=C(c2ccc(OCC3CC3)cc2F)N1CC. The molecule has 0 saturated heterocycles. The van der Waals surface area contributed by atoms with Gasteiger partial charge in [-0.15, -0.1) is 0 Å². The van der Waals surface area contributed by atoms with E-state index < -0.39 is 0 Å². The second-order valence-corrected chi connectivity index (χ2v) is 5.99. The van der Waals surface area contributed by atoms with Crippen molar-refractivity contribution in [1.29, 1.82) is 0 Å². The van der Waals surface area contributed by atoms with Gasteiger partial charge in [0.15, 0.2) is 0 Å². The Kier molecular flexibility index (Phi) is 4.06. The maximum absolute atomic E-state index is 14.5. The molecule has 0 atom stereocenters. The third-order valence-electron chi connectivity index (χ3n) is 4.28. The first-order valence-electron chi connectivity index (χ1n) is 7.88. The smallest absolute Gasteiger partial charge is 0.136 e. The maximum Gasteiger partial charge on any atom is 0.136 e. The minimum atomic E-state index is -0.251. The highest BCUT2D eigenvalue weighted by atomic mass is 19.1. The third-order valence-corrected chi connectivity index (χ3v) is 4.28. The van der Waals surface area contributed by atoms with Gasteiger partial charge < -0.3 is 9.64 Å². The lowest BCUT2D eigenvalue weighted by molar-refractivity contribution is 0.298. The molecule has 3 heteroatoms. The Balaban J connectivity index is 1.85. The fourth-order valence-corrected chi connectivity index (χ4v) is 2.64. The van der Waals surface area contributed by atoms with Crippen LogP contribution in [0.25, 0.3) is 5.70 Å². The zero-order valence-electron chi connectivity index (χ0n) is 13.2. The van der Waals surface area contributed by atoms with Gasteiger partial charge in [0.25, 0.3) is 0 Å². The van der Waals surface area contributed by atoms with Crippen molar-refractivity contribution >= 4 is 5.70 Å². The van der Waals surface area contributed by atoms with Crippen molar-refractivity contribution in [2.75, 3.05) is 13.2 Å². The Bertz CT molecular complexity index is 655. The van der Waals surface area contributed by atoms with Gasteiger partial charge in [-0.1, -0.05) is 12.7 Å². The largest absolute Gasteiger partial charge is 0.493 e. The molecular formula is C19H22FNO. The van der Waals surface area contributed by atoms with Crippen LogP contribution in [0.5, 0.6) is 5.75 Å². The van der Waals surface area contributed by atoms with Crippen molar-refractivity contribution < 1.29 is 9.13 Å². The first-order chi connectivity index (χ1) is 10.6. The summed E-state index contributed by atoms with van der Waals surface area (Å²) in [5.74, 6) is 1.02. The first-order valence-corrected chi connectivity index (χ1v) is 7.88. The van der Waals surface area contributed by atoms with Crippen LogP contribution in [0.15, 0.2) is 48.2 Å². The Hall–Kier alpha value is -2.03. The molecule has 3 rings (SSSR count). The van der Waals surface area contributed by atoms with E-state index in [1.165, 1.54) is 18.9 Å². The molecule has 1 saturated carbocycles. The van der Waals surface area contributed by atoms with Crippen LogP contribution in [0, 0.1) is 11.7 Å². The highest BCUT2D eigenvalue weighted by Gasteiger charge is 2.23. The molecule has 116 valence electrons. The van der Waals surface area contributed by atoms with Crippen LogP contribution >= 0.6 is 0 Å².